The van der Waals surface area contributed by atoms with Crippen molar-refractivity contribution in [2.24, 2.45) is 0 Å². The van der Waals surface area contributed by atoms with Crippen LogP contribution < -0.4 is 5.32 Å². The summed E-state index contributed by atoms with van der Waals surface area (Å²) in [5.74, 6) is 0. The van der Waals surface area contributed by atoms with Gasteiger partial charge in [0.15, 0.2) is 0 Å². The Morgan fingerprint density at radius 1 is 1.05 bits per heavy atom. The molecule has 0 unspecified atom stereocenters. The molecule has 0 amide bonds. The van der Waals surface area contributed by atoms with Gasteiger partial charge in [0.2, 0.25) is 0 Å². The second-order valence-corrected chi connectivity index (χ2v) is 4.39. The number of aromatic nitrogens is 3. The van der Waals surface area contributed by atoms with E-state index < -0.39 is 0 Å². The normalized spacial score (nSPS) is 10.6. The summed E-state index contributed by atoms with van der Waals surface area (Å²) >= 11 is 0. The van der Waals surface area contributed by atoms with Crippen LogP contribution in [0, 0.1) is 6.92 Å². The number of hydrogen-bond acceptors (Lipinski definition) is 4. The van der Waals surface area contributed by atoms with Gasteiger partial charge in [0.25, 0.3) is 0 Å². The highest BCUT2D eigenvalue weighted by Crippen LogP contribution is 2.23. The lowest BCUT2D eigenvalue weighted by molar-refractivity contribution is 1.00. The molecule has 0 fully saturated rings. The third-order valence-electron chi connectivity index (χ3n) is 3.04. The van der Waals surface area contributed by atoms with Gasteiger partial charge in [0.05, 0.1) is 16.9 Å². The van der Waals surface area contributed by atoms with E-state index in [9.17, 15) is 0 Å². The lowest BCUT2D eigenvalue weighted by atomic mass is 10.1. The van der Waals surface area contributed by atoms with E-state index in [2.05, 4.69) is 26.6 Å². The Bertz CT molecular complexity index is 695. The molecule has 2 aromatic heterocycles. The monoisotopic (exact) mass is 250 g/mol. The number of hydrogen-bond donors (Lipinski definition) is 1. The first-order valence-electron chi connectivity index (χ1n) is 6.19. The van der Waals surface area contributed by atoms with Crippen LogP contribution in [0.1, 0.15) is 11.3 Å². The number of nitrogens with zero attached hydrogens (tertiary/aromatic N) is 3. The molecule has 19 heavy (non-hydrogen) atoms. The van der Waals surface area contributed by atoms with Crippen LogP contribution in [0.5, 0.6) is 0 Å². The first-order valence-corrected chi connectivity index (χ1v) is 6.19. The Morgan fingerprint density at radius 2 is 1.95 bits per heavy atom. The highest BCUT2D eigenvalue weighted by Gasteiger charge is 2.06. The standard InChI is InChI=1S/C15H14N4/c1-11-15(17-10-12-5-4-8-16-9-12)13-6-2-3-7-14(13)19-18-11/h2-9H,10H2,1H3,(H,17,19). The van der Waals surface area contributed by atoms with E-state index >= 15 is 0 Å². The maximum absolute atomic E-state index is 4.19. The van der Waals surface area contributed by atoms with Crippen molar-refractivity contribution < 1.29 is 0 Å². The number of fused-ring (bicyclic) bond motifs is 1. The molecule has 94 valence electrons. The first-order chi connectivity index (χ1) is 9.34. The van der Waals surface area contributed by atoms with E-state index in [1.54, 1.807) is 6.20 Å². The predicted molar refractivity (Wildman–Crippen MR) is 75.8 cm³/mol. The van der Waals surface area contributed by atoms with Crippen LogP contribution in [0.3, 0.4) is 0 Å². The molecule has 3 aromatic rings. The summed E-state index contributed by atoms with van der Waals surface area (Å²) < 4.78 is 0. The maximum atomic E-state index is 4.19. The van der Waals surface area contributed by atoms with Crippen LogP contribution in [0.25, 0.3) is 10.9 Å². The van der Waals surface area contributed by atoms with Crippen molar-refractivity contribution in [2.45, 2.75) is 13.5 Å². The largest absolute Gasteiger partial charge is 0.379 e. The molecule has 0 saturated heterocycles. The van der Waals surface area contributed by atoms with E-state index in [1.807, 2.05) is 43.5 Å². The highest BCUT2D eigenvalue weighted by molar-refractivity contribution is 5.91. The van der Waals surface area contributed by atoms with Crippen LogP contribution in [0.4, 0.5) is 5.69 Å². The third-order valence-corrected chi connectivity index (χ3v) is 3.04. The lowest BCUT2D eigenvalue weighted by Gasteiger charge is -2.11. The van der Waals surface area contributed by atoms with Gasteiger partial charge in [-0.25, -0.2) is 0 Å². The Hall–Kier alpha value is -2.49. The van der Waals surface area contributed by atoms with Gasteiger partial charge in [-0.3, -0.25) is 4.98 Å². The van der Waals surface area contributed by atoms with Crippen molar-refractivity contribution in [2.75, 3.05) is 5.32 Å². The second kappa shape index (κ2) is 5.02. The number of aryl methyl sites for hydroxylation is 1. The zero-order chi connectivity index (χ0) is 13.1. The summed E-state index contributed by atoms with van der Waals surface area (Å²) in [6.45, 7) is 2.69. The van der Waals surface area contributed by atoms with Gasteiger partial charge in [-0.2, -0.15) is 10.2 Å². The molecule has 0 aliphatic heterocycles. The number of rotatable bonds is 3. The fourth-order valence-electron chi connectivity index (χ4n) is 2.06. The van der Waals surface area contributed by atoms with Gasteiger partial charge in [-0.05, 0) is 24.6 Å². The van der Waals surface area contributed by atoms with E-state index in [0.29, 0.717) is 0 Å². The molecule has 2 heterocycles. The molecule has 0 aliphatic rings. The smallest absolute Gasteiger partial charge is 0.0950 e. The highest BCUT2D eigenvalue weighted by atomic mass is 15.1. The molecule has 0 atom stereocenters. The van der Waals surface area contributed by atoms with E-state index in [-0.39, 0.29) is 0 Å². The quantitative estimate of drug-likeness (QED) is 0.776. The zero-order valence-corrected chi connectivity index (χ0v) is 10.7. The SMILES string of the molecule is Cc1nnc2ccccc2c1NCc1cccnc1. The first kappa shape index (κ1) is 11.6. The Labute approximate surface area is 111 Å². The molecular formula is C15H14N4. The molecule has 0 radical (unpaired) electrons. The predicted octanol–water partition coefficient (Wildman–Crippen LogP) is 2.95. The van der Waals surface area contributed by atoms with Gasteiger partial charge >= 0.3 is 0 Å². The fraction of sp³-hybridized carbons (Fsp3) is 0.133. The zero-order valence-electron chi connectivity index (χ0n) is 10.7. The molecule has 4 nitrogen and oxygen atoms in total. The lowest BCUT2D eigenvalue weighted by Crippen LogP contribution is -2.04. The van der Waals surface area contributed by atoms with Crippen molar-refractivity contribution in [1.82, 2.24) is 15.2 Å². The van der Waals surface area contributed by atoms with Gasteiger partial charge in [0.1, 0.15) is 0 Å². The van der Waals surface area contributed by atoms with Crippen LogP contribution in [-0.2, 0) is 6.54 Å². The average Bonchev–Trinajstić information content (AvgIpc) is 2.47. The van der Waals surface area contributed by atoms with E-state index in [0.717, 1.165) is 34.4 Å². The minimum atomic E-state index is 0.727. The average molecular weight is 250 g/mol. The van der Waals surface area contributed by atoms with Crippen molar-refractivity contribution in [3.05, 3.63) is 60.0 Å². The van der Waals surface area contributed by atoms with Crippen molar-refractivity contribution in [3.8, 4) is 0 Å². The number of pyridine rings is 1. The molecule has 1 N–H and O–H groups in total. The summed E-state index contributed by atoms with van der Waals surface area (Å²) in [6.07, 6.45) is 3.64. The van der Waals surface area contributed by atoms with Gasteiger partial charge in [-0.15, -0.1) is 0 Å². The fourth-order valence-corrected chi connectivity index (χ4v) is 2.06. The van der Waals surface area contributed by atoms with E-state index in [4.69, 9.17) is 0 Å². The summed E-state index contributed by atoms with van der Waals surface area (Å²) in [5, 5.41) is 12.9. The third kappa shape index (κ3) is 2.38. The number of nitrogens with one attached hydrogen (secondary N) is 1. The van der Waals surface area contributed by atoms with Crippen LogP contribution >= 0.6 is 0 Å². The van der Waals surface area contributed by atoms with Crippen molar-refractivity contribution in [1.29, 1.82) is 0 Å². The molecule has 0 spiro atoms. The van der Waals surface area contributed by atoms with Gasteiger partial charge in [0, 0.05) is 24.3 Å². The molecule has 0 saturated carbocycles. The van der Waals surface area contributed by atoms with Crippen molar-refractivity contribution >= 4 is 16.6 Å². The molecule has 4 heteroatoms. The Morgan fingerprint density at radius 3 is 2.79 bits per heavy atom. The summed E-state index contributed by atoms with van der Waals surface area (Å²) in [7, 11) is 0. The Kier molecular flexibility index (Phi) is 3.06. The van der Waals surface area contributed by atoms with Crippen LogP contribution in [-0.4, -0.2) is 15.2 Å². The van der Waals surface area contributed by atoms with Gasteiger partial charge in [-0.1, -0.05) is 24.3 Å². The van der Waals surface area contributed by atoms with Crippen LogP contribution in [0.2, 0.25) is 0 Å². The molecule has 0 bridgehead atoms. The second-order valence-electron chi connectivity index (χ2n) is 4.39. The van der Waals surface area contributed by atoms with Gasteiger partial charge < -0.3 is 5.32 Å². The maximum Gasteiger partial charge on any atom is 0.0950 e. The van der Waals surface area contributed by atoms with Crippen molar-refractivity contribution in [3.63, 3.8) is 0 Å². The summed E-state index contributed by atoms with van der Waals surface area (Å²) in [6, 6.07) is 12.0. The molecular weight excluding hydrogens is 236 g/mol. The van der Waals surface area contributed by atoms with Crippen LogP contribution in [0.15, 0.2) is 48.8 Å². The topological polar surface area (TPSA) is 50.7 Å². The number of benzene rings is 1. The molecule has 0 aliphatic carbocycles. The van der Waals surface area contributed by atoms with E-state index in [1.165, 1.54) is 0 Å². The summed E-state index contributed by atoms with van der Waals surface area (Å²) in [5.41, 5.74) is 3.99. The molecule has 1 aromatic carbocycles. The minimum Gasteiger partial charge on any atom is -0.379 e. The molecule has 3 rings (SSSR count). The Balaban J connectivity index is 1.94. The minimum absolute atomic E-state index is 0.727. The summed E-state index contributed by atoms with van der Waals surface area (Å²) in [4.78, 5) is 4.11. The number of anilines is 1.